The normalized spacial score (nSPS) is 12.5. The van der Waals surface area contributed by atoms with E-state index >= 15 is 0 Å². The van der Waals surface area contributed by atoms with Crippen LogP contribution in [0.15, 0.2) is 35.3 Å². The molecule has 0 aliphatic heterocycles. The molecule has 0 radical (unpaired) electrons. The Balaban J connectivity index is 2.64. The molecule has 0 unspecified atom stereocenters. The molecule has 0 fully saturated rings. The van der Waals surface area contributed by atoms with Crippen molar-refractivity contribution in [3.63, 3.8) is 0 Å². The van der Waals surface area contributed by atoms with E-state index in [0.717, 1.165) is 11.8 Å². The highest BCUT2D eigenvalue weighted by molar-refractivity contribution is 5.86. The van der Waals surface area contributed by atoms with E-state index in [0.29, 0.717) is 0 Å². The maximum absolute atomic E-state index is 10.9. The lowest BCUT2D eigenvalue weighted by Crippen LogP contribution is -2.21. The van der Waals surface area contributed by atoms with Gasteiger partial charge in [0, 0.05) is 12.6 Å². The number of carboxylic acid groups (broad SMARTS) is 2. The minimum Gasteiger partial charge on any atom is -0.481 e. The second-order valence-corrected chi connectivity index (χ2v) is 3.47. The van der Waals surface area contributed by atoms with Gasteiger partial charge in [0.05, 0.1) is 6.42 Å². The molecule has 1 atom stereocenters. The van der Waals surface area contributed by atoms with Crippen LogP contribution in [-0.2, 0) is 16.0 Å². The number of nitrogens with zero attached hydrogens (tertiary/aromatic N) is 1. The van der Waals surface area contributed by atoms with Crippen LogP contribution in [0, 0.1) is 0 Å². The summed E-state index contributed by atoms with van der Waals surface area (Å²) in [6.07, 6.45) is 1.12. The predicted molar refractivity (Wildman–Crippen MR) is 62.3 cm³/mol. The highest BCUT2D eigenvalue weighted by Crippen LogP contribution is 2.06. The summed E-state index contributed by atoms with van der Waals surface area (Å²) in [7, 11) is 0. The van der Waals surface area contributed by atoms with E-state index in [4.69, 9.17) is 10.2 Å². The van der Waals surface area contributed by atoms with Crippen LogP contribution in [0.2, 0.25) is 0 Å². The summed E-state index contributed by atoms with van der Waals surface area (Å²) < 4.78 is 0. The molecule has 5 nitrogen and oxygen atoms in total. The van der Waals surface area contributed by atoms with Gasteiger partial charge in [-0.2, -0.15) is 0 Å². The van der Waals surface area contributed by atoms with Crippen LogP contribution in [0.1, 0.15) is 12.0 Å². The van der Waals surface area contributed by atoms with Gasteiger partial charge < -0.3 is 10.2 Å². The van der Waals surface area contributed by atoms with Crippen LogP contribution in [0.25, 0.3) is 0 Å². The zero-order valence-corrected chi connectivity index (χ0v) is 9.11. The monoisotopic (exact) mass is 235 g/mol. The van der Waals surface area contributed by atoms with Crippen molar-refractivity contribution in [2.45, 2.75) is 18.9 Å². The van der Waals surface area contributed by atoms with Crippen LogP contribution in [0.3, 0.4) is 0 Å². The molecule has 0 spiro atoms. The molecule has 1 rings (SSSR count). The minimum atomic E-state index is -1.06. The number of rotatable bonds is 6. The number of benzene rings is 1. The lowest BCUT2D eigenvalue weighted by atomic mass is 10.1. The van der Waals surface area contributed by atoms with Gasteiger partial charge in [0.1, 0.15) is 0 Å². The van der Waals surface area contributed by atoms with Gasteiger partial charge in [-0.05, 0) is 5.56 Å². The summed E-state index contributed by atoms with van der Waals surface area (Å²) in [5.41, 5.74) is 0.854. The fourth-order valence-electron chi connectivity index (χ4n) is 1.30. The number of carbonyl (C=O) groups is 2. The van der Waals surface area contributed by atoms with E-state index in [2.05, 4.69) is 4.99 Å². The molecular formula is C12H13NO4. The van der Waals surface area contributed by atoms with Crippen molar-refractivity contribution in [1.29, 1.82) is 0 Å². The number of aliphatic imine (C=N–C) groups is 1. The molecule has 5 heteroatoms. The van der Waals surface area contributed by atoms with E-state index in [1.807, 2.05) is 30.3 Å². The van der Waals surface area contributed by atoms with Crippen molar-refractivity contribution in [3.8, 4) is 0 Å². The third-order valence-electron chi connectivity index (χ3n) is 2.11. The molecule has 0 saturated heterocycles. The van der Waals surface area contributed by atoms with Crippen molar-refractivity contribution in [3.05, 3.63) is 35.9 Å². The first-order valence-electron chi connectivity index (χ1n) is 5.09. The van der Waals surface area contributed by atoms with Crippen molar-refractivity contribution >= 4 is 18.2 Å². The Morgan fingerprint density at radius 3 is 2.41 bits per heavy atom. The standard InChI is InChI=1S/C12H13NO4/c14-11(15)6-7-13-10(12(16)17)8-9-4-2-1-3-5-9/h1-5,7,10H,6,8H2,(H,14,15)(H,16,17)/t10-/m0/s1. The first kappa shape index (κ1) is 12.9. The number of carboxylic acids is 2. The third-order valence-corrected chi connectivity index (χ3v) is 2.11. The molecule has 0 bridgehead atoms. The second kappa shape index (κ2) is 6.42. The SMILES string of the molecule is O=C(O)CC=N[C@@H](Cc1ccccc1)C(=O)O. The first-order chi connectivity index (χ1) is 8.09. The van der Waals surface area contributed by atoms with E-state index < -0.39 is 18.0 Å². The Morgan fingerprint density at radius 2 is 1.88 bits per heavy atom. The average Bonchev–Trinajstić information content (AvgIpc) is 2.28. The first-order valence-corrected chi connectivity index (χ1v) is 5.09. The Morgan fingerprint density at radius 1 is 1.24 bits per heavy atom. The zero-order valence-electron chi connectivity index (χ0n) is 9.11. The van der Waals surface area contributed by atoms with E-state index in [1.54, 1.807) is 0 Å². The maximum Gasteiger partial charge on any atom is 0.328 e. The molecule has 0 amide bonds. The third kappa shape index (κ3) is 4.92. The molecule has 17 heavy (non-hydrogen) atoms. The number of aliphatic carboxylic acids is 2. The summed E-state index contributed by atoms with van der Waals surface area (Å²) in [4.78, 5) is 24.9. The number of hydrogen-bond donors (Lipinski definition) is 2. The van der Waals surface area contributed by atoms with Crippen molar-refractivity contribution in [2.24, 2.45) is 4.99 Å². The highest BCUT2D eigenvalue weighted by Gasteiger charge is 2.15. The van der Waals surface area contributed by atoms with Crippen molar-refractivity contribution < 1.29 is 19.8 Å². The lowest BCUT2D eigenvalue weighted by molar-refractivity contribution is -0.138. The average molecular weight is 235 g/mol. The Bertz CT molecular complexity index is 414. The molecule has 90 valence electrons. The maximum atomic E-state index is 10.9. The van der Waals surface area contributed by atoms with Gasteiger partial charge in [0.15, 0.2) is 6.04 Å². The molecule has 1 aromatic rings. The van der Waals surface area contributed by atoms with Crippen LogP contribution >= 0.6 is 0 Å². The summed E-state index contributed by atoms with van der Waals surface area (Å²) >= 11 is 0. The van der Waals surface area contributed by atoms with Crippen LogP contribution in [0.4, 0.5) is 0 Å². The molecule has 0 aliphatic carbocycles. The Labute approximate surface area is 98.4 Å². The fraction of sp³-hybridized carbons (Fsp3) is 0.250. The molecule has 0 aliphatic rings. The van der Waals surface area contributed by atoms with Crippen molar-refractivity contribution in [1.82, 2.24) is 0 Å². The van der Waals surface area contributed by atoms with Gasteiger partial charge in [-0.1, -0.05) is 30.3 Å². The molecule has 0 saturated carbocycles. The Kier molecular flexibility index (Phi) is 4.87. The van der Waals surface area contributed by atoms with Gasteiger partial charge in [0.25, 0.3) is 0 Å². The number of hydrogen-bond acceptors (Lipinski definition) is 3. The summed E-state index contributed by atoms with van der Waals surface area (Å²) in [5.74, 6) is -2.09. The van der Waals surface area contributed by atoms with Gasteiger partial charge in [-0.3, -0.25) is 9.79 Å². The Hall–Kier alpha value is -2.17. The molecule has 0 aromatic heterocycles. The van der Waals surface area contributed by atoms with Crippen LogP contribution in [-0.4, -0.2) is 34.4 Å². The van der Waals surface area contributed by atoms with Gasteiger partial charge in [0.2, 0.25) is 0 Å². The lowest BCUT2D eigenvalue weighted by Gasteiger charge is -2.06. The quantitative estimate of drug-likeness (QED) is 0.726. The minimum absolute atomic E-state index is 0.256. The summed E-state index contributed by atoms with van der Waals surface area (Å²) in [5, 5.41) is 17.4. The second-order valence-electron chi connectivity index (χ2n) is 3.47. The molecule has 2 N–H and O–H groups in total. The highest BCUT2D eigenvalue weighted by atomic mass is 16.4. The molecular weight excluding hydrogens is 222 g/mol. The van der Waals surface area contributed by atoms with E-state index in [-0.39, 0.29) is 12.8 Å². The predicted octanol–water partition coefficient (Wildman–Crippen LogP) is 1.23. The van der Waals surface area contributed by atoms with Crippen molar-refractivity contribution in [2.75, 3.05) is 0 Å². The van der Waals surface area contributed by atoms with Crippen LogP contribution in [0.5, 0.6) is 0 Å². The van der Waals surface area contributed by atoms with E-state index in [9.17, 15) is 9.59 Å². The van der Waals surface area contributed by atoms with Gasteiger partial charge in [-0.15, -0.1) is 0 Å². The smallest absolute Gasteiger partial charge is 0.328 e. The van der Waals surface area contributed by atoms with Gasteiger partial charge in [-0.25, -0.2) is 4.79 Å². The zero-order chi connectivity index (χ0) is 12.7. The topological polar surface area (TPSA) is 87.0 Å². The fourth-order valence-corrected chi connectivity index (χ4v) is 1.30. The summed E-state index contributed by atoms with van der Waals surface area (Å²) in [6, 6.07) is 8.15. The van der Waals surface area contributed by atoms with Crippen LogP contribution < -0.4 is 0 Å². The van der Waals surface area contributed by atoms with Gasteiger partial charge >= 0.3 is 11.9 Å². The molecule has 0 heterocycles. The molecule has 1 aromatic carbocycles. The van der Waals surface area contributed by atoms with E-state index in [1.165, 1.54) is 0 Å². The largest absolute Gasteiger partial charge is 0.481 e. The summed E-state index contributed by atoms with van der Waals surface area (Å²) in [6.45, 7) is 0.